The molecule has 1 aromatic carbocycles. The fourth-order valence-corrected chi connectivity index (χ4v) is 3.44. The molecule has 0 saturated carbocycles. The number of ether oxygens (including phenoxy) is 1. The summed E-state index contributed by atoms with van der Waals surface area (Å²) in [4.78, 5) is 38.9. The molecular weight excluding hydrogens is 296 g/mol. The normalized spacial score (nSPS) is 22.5. The Bertz CT molecular complexity index is 620. The van der Waals surface area contributed by atoms with Crippen molar-refractivity contribution in [2.75, 3.05) is 25.1 Å². The van der Waals surface area contributed by atoms with Crippen molar-refractivity contribution >= 4 is 23.5 Å². The Kier molecular flexibility index (Phi) is 4.43. The fourth-order valence-electron chi connectivity index (χ4n) is 3.44. The predicted octanol–water partition coefficient (Wildman–Crippen LogP) is 0.174. The third kappa shape index (κ3) is 2.99. The van der Waals surface area contributed by atoms with E-state index in [1.54, 1.807) is 24.3 Å². The summed E-state index contributed by atoms with van der Waals surface area (Å²) < 4.78 is 4.65. The van der Waals surface area contributed by atoms with E-state index in [0.29, 0.717) is 11.3 Å². The minimum absolute atomic E-state index is 0.127. The topological polar surface area (TPSA) is 68.1 Å². The van der Waals surface area contributed by atoms with Crippen molar-refractivity contribution in [1.82, 2.24) is 0 Å². The zero-order valence-electron chi connectivity index (χ0n) is 13.2. The van der Waals surface area contributed by atoms with Gasteiger partial charge in [-0.1, -0.05) is 0 Å². The zero-order valence-corrected chi connectivity index (χ0v) is 13.2. The van der Waals surface area contributed by atoms with E-state index in [1.165, 1.54) is 23.3 Å². The van der Waals surface area contributed by atoms with Gasteiger partial charge in [0.05, 0.1) is 37.9 Å². The number of amides is 2. The molecular formula is C17H21N2O4+. The SMILES string of the molecule is COC(=O)c1ccc(N2C(=O)C[C@@H]([NH+]3CCCCC3)C2=O)cc1. The summed E-state index contributed by atoms with van der Waals surface area (Å²) >= 11 is 0. The van der Waals surface area contributed by atoms with Crippen LogP contribution in [-0.2, 0) is 14.3 Å². The van der Waals surface area contributed by atoms with Crippen LogP contribution in [0.15, 0.2) is 24.3 Å². The van der Waals surface area contributed by atoms with Crippen LogP contribution in [0, 0.1) is 0 Å². The minimum Gasteiger partial charge on any atom is -0.465 e. The smallest absolute Gasteiger partial charge is 0.337 e. The highest BCUT2D eigenvalue weighted by molar-refractivity contribution is 6.21. The minimum atomic E-state index is -0.439. The van der Waals surface area contributed by atoms with Gasteiger partial charge in [-0.25, -0.2) is 9.69 Å². The van der Waals surface area contributed by atoms with Crippen molar-refractivity contribution in [1.29, 1.82) is 0 Å². The van der Waals surface area contributed by atoms with Gasteiger partial charge in [-0.2, -0.15) is 0 Å². The van der Waals surface area contributed by atoms with Crippen molar-refractivity contribution in [3.05, 3.63) is 29.8 Å². The Morgan fingerprint density at radius 2 is 1.78 bits per heavy atom. The van der Waals surface area contributed by atoms with Crippen molar-refractivity contribution in [3.63, 3.8) is 0 Å². The molecule has 2 saturated heterocycles. The molecule has 6 nitrogen and oxygen atoms in total. The molecule has 0 aromatic heterocycles. The largest absolute Gasteiger partial charge is 0.465 e. The van der Waals surface area contributed by atoms with E-state index >= 15 is 0 Å². The van der Waals surface area contributed by atoms with Crippen LogP contribution in [0.3, 0.4) is 0 Å². The molecule has 1 atom stereocenters. The van der Waals surface area contributed by atoms with Crippen LogP contribution in [-0.4, -0.2) is 44.0 Å². The molecule has 23 heavy (non-hydrogen) atoms. The molecule has 0 unspecified atom stereocenters. The second-order valence-electron chi connectivity index (χ2n) is 6.08. The lowest BCUT2D eigenvalue weighted by atomic mass is 10.1. The van der Waals surface area contributed by atoms with E-state index in [2.05, 4.69) is 4.74 Å². The van der Waals surface area contributed by atoms with E-state index in [-0.39, 0.29) is 24.3 Å². The third-order valence-electron chi connectivity index (χ3n) is 4.68. The van der Waals surface area contributed by atoms with Crippen molar-refractivity contribution in [2.24, 2.45) is 0 Å². The molecule has 2 aliphatic heterocycles. The maximum atomic E-state index is 12.7. The lowest BCUT2D eigenvalue weighted by Gasteiger charge is -2.27. The van der Waals surface area contributed by atoms with E-state index in [4.69, 9.17) is 0 Å². The van der Waals surface area contributed by atoms with Gasteiger partial charge in [0.15, 0.2) is 6.04 Å². The number of carbonyl (C=O) groups is 3. The number of hydrogen-bond donors (Lipinski definition) is 1. The first-order valence-electron chi connectivity index (χ1n) is 8.01. The van der Waals surface area contributed by atoms with Gasteiger partial charge >= 0.3 is 5.97 Å². The molecule has 2 aliphatic rings. The first-order chi connectivity index (χ1) is 11.1. The number of benzene rings is 1. The number of methoxy groups -OCH3 is 1. The summed E-state index contributed by atoms with van der Waals surface area (Å²) in [5.74, 6) is -0.729. The maximum Gasteiger partial charge on any atom is 0.337 e. The Morgan fingerprint density at radius 1 is 1.13 bits per heavy atom. The fraction of sp³-hybridized carbons (Fsp3) is 0.471. The average molecular weight is 317 g/mol. The molecule has 3 rings (SSSR count). The molecule has 2 heterocycles. The number of likely N-dealkylation sites (tertiary alicyclic amines) is 1. The van der Waals surface area contributed by atoms with Crippen molar-refractivity contribution < 1.29 is 24.0 Å². The van der Waals surface area contributed by atoms with Gasteiger partial charge in [0.1, 0.15) is 0 Å². The van der Waals surface area contributed by atoms with Crippen LogP contribution in [0.1, 0.15) is 36.0 Å². The number of esters is 1. The van der Waals surface area contributed by atoms with Crippen LogP contribution in [0.5, 0.6) is 0 Å². The Morgan fingerprint density at radius 3 is 2.39 bits per heavy atom. The van der Waals surface area contributed by atoms with Gasteiger partial charge in [-0.3, -0.25) is 9.59 Å². The van der Waals surface area contributed by atoms with Crippen LogP contribution in [0.2, 0.25) is 0 Å². The first kappa shape index (κ1) is 15.7. The Labute approximate surface area is 135 Å². The van der Waals surface area contributed by atoms with Crippen LogP contribution >= 0.6 is 0 Å². The molecule has 2 amide bonds. The van der Waals surface area contributed by atoms with Crippen LogP contribution in [0.25, 0.3) is 0 Å². The van der Waals surface area contributed by atoms with Crippen LogP contribution in [0.4, 0.5) is 5.69 Å². The summed E-state index contributed by atoms with van der Waals surface area (Å²) in [5, 5.41) is 0. The highest BCUT2D eigenvalue weighted by Gasteiger charge is 2.45. The summed E-state index contributed by atoms with van der Waals surface area (Å²) in [5.41, 5.74) is 0.917. The van der Waals surface area contributed by atoms with Crippen molar-refractivity contribution in [2.45, 2.75) is 31.7 Å². The number of piperidine rings is 1. The van der Waals surface area contributed by atoms with Gasteiger partial charge < -0.3 is 9.64 Å². The highest BCUT2D eigenvalue weighted by Crippen LogP contribution is 2.23. The van der Waals surface area contributed by atoms with Gasteiger partial charge in [-0.05, 0) is 43.5 Å². The van der Waals surface area contributed by atoms with Gasteiger partial charge in [0.25, 0.3) is 5.91 Å². The molecule has 1 N–H and O–H groups in total. The lowest BCUT2D eigenvalue weighted by Crippen LogP contribution is -3.17. The number of carbonyl (C=O) groups excluding carboxylic acids is 3. The molecule has 0 aliphatic carbocycles. The summed E-state index contributed by atoms with van der Waals surface area (Å²) in [6, 6.07) is 6.13. The molecule has 0 spiro atoms. The number of nitrogens with one attached hydrogen (secondary N) is 1. The monoisotopic (exact) mass is 317 g/mol. The Balaban J connectivity index is 1.78. The molecule has 2 fully saturated rings. The Hall–Kier alpha value is -2.21. The summed E-state index contributed by atoms with van der Waals surface area (Å²) in [7, 11) is 1.32. The van der Waals surface area contributed by atoms with Gasteiger partial charge in [0.2, 0.25) is 5.91 Å². The third-order valence-corrected chi connectivity index (χ3v) is 4.68. The van der Waals surface area contributed by atoms with E-state index < -0.39 is 5.97 Å². The molecule has 0 radical (unpaired) electrons. The first-order valence-corrected chi connectivity index (χ1v) is 8.01. The van der Waals surface area contributed by atoms with Crippen molar-refractivity contribution in [3.8, 4) is 0 Å². The summed E-state index contributed by atoms with van der Waals surface area (Å²) in [6.07, 6.45) is 3.70. The van der Waals surface area contributed by atoms with E-state index in [0.717, 1.165) is 25.9 Å². The van der Waals surface area contributed by atoms with E-state index in [1.807, 2.05) is 0 Å². The van der Waals surface area contributed by atoms with Crippen LogP contribution < -0.4 is 9.80 Å². The zero-order chi connectivity index (χ0) is 16.4. The van der Waals surface area contributed by atoms with E-state index in [9.17, 15) is 14.4 Å². The maximum absolute atomic E-state index is 12.7. The molecule has 1 aromatic rings. The highest BCUT2D eigenvalue weighted by atomic mass is 16.5. The lowest BCUT2D eigenvalue weighted by molar-refractivity contribution is -0.919. The second kappa shape index (κ2) is 6.50. The molecule has 0 bridgehead atoms. The number of nitrogens with zero attached hydrogens (tertiary/aromatic N) is 1. The standard InChI is InChI=1S/C17H20N2O4/c1-23-17(22)12-5-7-13(8-6-12)19-15(20)11-14(16(19)21)18-9-3-2-4-10-18/h5-8,14H,2-4,9-11H2,1H3/p+1/t14-/m1/s1. The summed E-state index contributed by atoms with van der Waals surface area (Å²) in [6.45, 7) is 1.91. The predicted molar refractivity (Wildman–Crippen MR) is 83.2 cm³/mol. The molecule has 6 heteroatoms. The molecule has 122 valence electrons. The average Bonchev–Trinajstić information content (AvgIpc) is 2.89. The second-order valence-corrected chi connectivity index (χ2v) is 6.08. The number of rotatable bonds is 3. The van der Waals surface area contributed by atoms with Gasteiger partial charge in [-0.15, -0.1) is 0 Å². The number of anilines is 1. The number of hydrogen-bond acceptors (Lipinski definition) is 4. The number of imide groups is 1. The van der Waals surface area contributed by atoms with Gasteiger partial charge in [0, 0.05) is 0 Å². The quantitative estimate of drug-likeness (QED) is 0.638. The number of quaternary nitrogens is 1.